The SMILES string of the molecule is COc1cccc(CNC(=O)N/C=C(\C)C(C)(C)C)c1. The Morgan fingerprint density at radius 1 is 1.35 bits per heavy atom. The molecule has 2 N–H and O–H groups in total. The molecule has 2 amide bonds. The Kier molecular flexibility index (Phi) is 5.62. The number of carbonyl (C=O) groups excluding carboxylic acids is 1. The molecule has 0 unspecified atom stereocenters. The van der Waals surface area contributed by atoms with E-state index in [0.29, 0.717) is 6.54 Å². The van der Waals surface area contributed by atoms with Crippen LogP contribution in [0.25, 0.3) is 0 Å². The molecule has 0 saturated carbocycles. The second kappa shape index (κ2) is 6.98. The van der Waals surface area contributed by atoms with Gasteiger partial charge >= 0.3 is 6.03 Å². The molecule has 0 spiro atoms. The van der Waals surface area contributed by atoms with E-state index in [9.17, 15) is 4.79 Å². The minimum atomic E-state index is -0.212. The van der Waals surface area contributed by atoms with Gasteiger partial charge in [-0.3, -0.25) is 0 Å². The van der Waals surface area contributed by atoms with Crippen LogP contribution in [-0.2, 0) is 6.54 Å². The van der Waals surface area contributed by atoms with Crippen LogP contribution >= 0.6 is 0 Å². The molecule has 0 bridgehead atoms. The molecule has 0 aromatic heterocycles. The quantitative estimate of drug-likeness (QED) is 0.885. The first-order valence-electron chi connectivity index (χ1n) is 6.67. The number of nitrogens with one attached hydrogen (secondary N) is 2. The van der Waals surface area contributed by atoms with Crippen molar-refractivity contribution in [1.29, 1.82) is 0 Å². The summed E-state index contributed by atoms with van der Waals surface area (Å²) in [4.78, 5) is 11.7. The summed E-state index contributed by atoms with van der Waals surface area (Å²) in [5, 5.41) is 5.55. The number of urea groups is 1. The van der Waals surface area contributed by atoms with Crippen LogP contribution in [0, 0.1) is 5.41 Å². The van der Waals surface area contributed by atoms with Crippen molar-refractivity contribution in [3.8, 4) is 5.75 Å². The van der Waals surface area contributed by atoms with Crippen LogP contribution in [0.5, 0.6) is 5.75 Å². The summed E-state index contributed by atoms with van der Waals surface area (Å²) in [5.74, 6) is 0.785. The van der Waals surface area contributed by atoms with E-state index in [1.54, 1.807) is 13.3 Å². The number of methoxy groups -OCH3 is 1. The van der Waals surface area contributed by atoms with Crippen LogP contribution in [0.15, 0.2) is 36.0 Å². The molecule has 1 aromatic rings. The third kappa shape index (κ3) is 5.34. The molecule has 0 aliphatic carbocycles. The number of hydrogen-bond acceptors (Lipinski definition) is 2. The van der Waals surface area contributed by atoms with E-state index in [1.807, 2.05) is 31.2 Å². The maximum atomic E-state index is 11.7. The number of amides is 2. The van der Waals surface area contributed by atoms with Crippen molar-refractivity contribution in [2.75, 3.05) is 7.11 Å². The van der Waals surface area contributed by atoms with Gasteiger partial charge in [-0.2, -0.15) is 0 Å². The monoisotopic (exact) mass is 276 g/mol. The third-order valence-electron chi connectivity index (χ3n) is 3.19. The highest BCUT2D eigenvalue weighted by molar-refractivity contribution is 5.75. The smallest absolute Gasteiger partial charge is 0.319 e. The van der Waals surface area contributed by atoms with Gasteiger partial charge in [-0.1, -0.05) is 38.5 Å². The normalized spacial score (nSPS) is 11.9. The van der Waals surface area contributed by atoms with Crippen molar-refractivity contribution in [3.63, 3.8) is 0 Å². The summed E-state index contributed by atoms with van der Waals surface area (Å²) in [6.07, 6.45) is 1.75. The van der Waals surface area contributed by atoms with Gasteiger partial charge in [0.05, 0.1) is 7.11 Å². The van der Waals surface area contributed by atoms with E-state index in [-0.39, 0.29) is 11.4 Å². The number of allylic oxidation sites excluding steroid dienone is 1. The van der Waals surface area contributed by atoms with Crippen LogP contribution in [0.4, 0.5) is 4.79 Å². The standard InChI is InChI=1S/C16H24N2O2/c1-12(16(2,3)4)10-17-15(19)18-11-13-7-6-8-14(9-13)20-5/h6-10H,11H2,1-5H3,(H2,17,18,19)/b12-10+. The lowest BCUT2D eigenvalue weighted by Gasteiger charge is -2.19. The average molecular weight is 276 g/mol. The Labute approximate surface area is 121 Å². The van der Waals surface area contributed by atoms with E-state index < -0.39 is 0 Å². The van der Waals surface area contributed by atoms with Crippen molar-refractivity contribution in [2.24, 2.45) is 5.41 Å². The lowest BCUT2D eigenvalue weighted by Crippen LogP contribution is -2.32. The summed E-state index contributed by atoms with van der Waals surface area (Å²) in [6.45, 7) is 8.78. The third-order valence-corrected chi connectivity index (χ3v) is 3.19. The van der Waals surface area contributed by atoms with Gasteiger partial charge in [-0.15, -0.1) is 0 Å². The minimum absolute atomic E-state index is 0.0556. The second-order valence-electron chi connectivity index (χ2n) is 5.76. The highest BCUT2D eigenvalue weighted by atomic mass is 16.5. The largest absolute Gasteiger partial charge is 0.497 e. The predicted molar refractivity (Wildman–Crippen MR) is 81.6 cm³/mol. The Bertz CT molecular complexity index is 487. The summed E-state index contributed by atoms with van der Waals surface area (Å²) in [7, 11) is 1.62. The minimum Gasteiger partial charge on any atom is -0.497 e. The van der Waals surface area contributed by atoms with Crippen molar-refractivity contribution in [1.82, 2.24) is 10.6 Å². The molecule has 110 valence electrons. The Morgan fingerprint density at radius 3 is 2.65 bits per heavy atom. The predicted octanol–water partition coefficient (Wildman–Crippen LogP) is 3.44. The summed E-state index contributed by atoms with van der Waals surface area (Å²) in [6, 6.07) is 7.41. The zero-order chi connectivity index (χ0) is 15.2. The van der Waals surface area contributed by atoms with Crippen molar-refractivity contribution in [2.45, 2.75) is 34.2 Å². The number of carbonyl (C=O) groups is 1. The van der Waals surface area contributed by atoms with Gasteiger partial charge in [0.25, 0.3) is 0 Å². The van der Waals surface area contributed by atoms with Crippen molar-refractivity contribution in [3.05, 3.63) is 41.6 Å². The first kappa shape index (κ1) is 16.1. The maximum absolute atomic E-state index is 11.7. The topological polar surface area (TPSA) is 50.4 Å². The van der Waals surface area contributed by atoms with Crippen LogP contribution < -0.4 is 15.4 Å². The highest BCUT2D eigenvalue weighted by Crippen LogP contribution is 2.23. The number of benzene rings is 1. The van der Waals surface area contributed by atoms with Crippen LogP contribution in [0.1, 0.15) is 33.3 Å². The lowest BCUT2D eigenvalue weighted by molar-refractivity contribution is 0.243. The molecule has 4 nitrogen and oxygen atoms in total. The van der Waals surface area contributed by atoms with E-state index in [4.69, 9.17) is 4.74 Å². The van der Waals surface area contributed by atoms with Crippen LogP contribution in [0.2, 0.25) is 0 Å². The van der Waals surface area contributed by atoms with Crippen molar-refractivity contribution < 1.29 is 9.53 Å². The van der Waals surface area contributed by atoms with E-state index in [2.05, 4.69) is 31.4 Å². The average Bonchev–Trinajstić information content (AvgIpc) is 2.41. The van der Waals surface area contributed by atoms with Crippen LogP contribution in [0.3, 0.4) is 0 Å². The molecule has 0 heterocycles. The fraction of sp³-hybridized carbons (Fsp3) is 0.438. The molecule has 0 radical (unpaired) electrons. The number of ether oxygens (including phenoxy) is 1. The summed E-state index contributed by atoms with van der Waals surface area (Å²) in [5.41, 5.74) is 2.17. The Morgan fingerprint density at radius 2 is 2.05 bits per heavy atom. The molecule has 0 aliphatic rings. The highest BCUT2D eigenvalue weighted by Gasteiger charge is 2.12. The molecule has 1 rings (SSSR count). The van der Waals surface area contributed by atoms with E-state index >= 15 is 0 Å². The first-order chi connectivity index (χ1) is 9.32. The van der Waals surface area contributed by atoms with Gasteiger partial charge in [0.1, 0.15) is 5.75 Å². The van der Waals surface area contributed by atoms with E-state index in [1.165, 1.54) is 0 Å². The molecule has 0 atom stereocenters. The zero-order valence-corrected chi connectivity index (χ0v) is 12.9. The van der Waals surface area contributed by atoms with Crippen molar-refractivity contribution >= 4 is 6.03 Å². The fourth-order valence-corrected chi connectivity index (χ4v) is 1.41. The molecule has 20 heavy (non-hydrogen) atoms. The summed E-state index contributed by atoms with van der Waals surface area (Å²) < 4.78 is 5.14. The van der Waals surface area contributed by atoms with Gasteiger partial charge < -0.3 is 15.4 Å². The number of rotatable bonds is 4. The zero-order valence-electron chi connectivity index (χ0n) is 12.9. The Balaban J connectivity index is 2.47. The molecule has 0 aliphatic heterocycles. The van der Waals surface area contributed by atoms with Gasteiger partial charge in [-0.05, 0) is 30.0 Å². The molecule has 4 heteroatoms. The van der Waals surface area contributed by atoms with Gasteiger partial charge in [0.2, 0.25) is 0 Å². The molecule has 1 aromatic carbocycles. The maximum Gasteiger partial charge on any atom is 0.319 e. The molecular formula is C16H24N2O2. The number of hydrogen-bond donors (Lipinski definition) is 2. The van der Waals surface area contributed by atoms with Crippen LogP contribution in [-0.4, -0.2) is 13.1 Å². The second-order valence-corrected chi connectivity index (χ2v) is 5.76. The molecule has 0 saturated heterocycles. The fourth-order valence-electron chi connectivity index (χ4n) is 1.41. The lowest BCUT2D eigenvalue weighted by atomic mass is 9.88. The molecular weight excluding hydrogens is 252 g/mol. The van der Waals surface area contributed by atoms with E-state index in [0.717, 1.165) is 16.9 Å². The van der Waals surface area contributed by atoms with Gasteiger partial charge in [0, 0.05) is 12.7 Å². The molecule has 0 fully saturated rings. The Hall–Kier alpha value is -1.97. The van der Waals surface area contributed by atoms with Gasteiger partial charge in [0.15, 0.2) is 0 Å². The van der Waals surface area contributed by atoms with Gasteiger partial charge in [-0.25, -0.2) is 4.79 Å². The summed E-state index contributed by atoms with van der Waals surface area (Å²) >= 11 is 0. The first-order valence-corrected chi connectivity index (χ1v) is 6.67.